The fourth-order valence-corrected chi connectivity index (χ4v) is 6.82. The van der Waals surface area contributed by atoms with Gasteiger partial charge in [0, 0.05) is 65.2 Å². The number of benzene rings is 2. The Balaban J connectivity index is 0.000000246. The predicted molar refractivity (Wildman–Crippen MR) is 271 cm³/mol. The maximum Gasteiger partial charge on any atom is 0.293 e. The van der Waals surface area contributed by atoms with Gasteiger partial charge in [-0.15, -0.1) is 10.2 Å². The molecule has 2 N–H and O–H groups in total. The predicted octanol–water partition coefficient (Wildman–Crippen LogP) is 10.9. The summed E-state index contributed by atoms with van der Waals surface area (Å²) < 4.78 is 43.2. The zero-order valence-electron chi connectivity index (χ0n) is 38.5. The van der Waals surface area contributed by atoms with E-state index in [2.05, 4.69) is 126 Å². The Morgan fingerprint density at radius 3 is 1.39 bits per heavy atom. The molecule has 8 rings (SSSR count). The van der Waals surface area contributed by atoms with Crippen molar-refractivity contribution in [3.8, 4) is 22.8 Å². The van der Waals surface area contributed by atoms with Gasteiger partial charge in [-0.25, -0.2) is 37.7 Å². The Morgan fingerprint density at radius 2 is 1.01 bits per heavy atom. The summed E-state index contributed by atoms with van der Waals surface area (Å²) in [6.07, 6.45) is 6.93. The molecular formula is C45H59BrF2N12O4Si3. The fourth-order valence-electron chi connectivity index (χ4n) is 5.57. The van der Waals surface area contributed by atoms with Crippen LogP contribution in [-0.2, 0) is 0 Å². The molecule has 6 heterocycles. The van der Waals surface area contributed by atoms with E-state index in [1.807, 2.05) is 6.20 Å². The van der Waals surface area contributed by atoms with Crippen molar-refractivity contribution in [2.45, 2.75) is 101 Å². The number of oxazole rings is 2. The second-order valence-corrected chi connectivity index (χ2v) is 42.3. The lowest BCUT2D eigenvalue weighted by Crippen LogP contribution is -2.49. The molecule has 67 heavy (non-hydrogen) atoms. The van der Waals surface area contributed by atoms with Crippen LogP contribution < -0.4 is 15.8 Å². The highest BCUT2D eigenvalue weighted by Crippen LogP contribution is 2.27. The van der Waals surface area contributed by atoms with Crippen LogP contribution in [0.15, 0.2) is 74.5 Å². The van der Waals surface area contributed by atoms with Gasteiger partial charge < -0.3 is 19.5 Å². The minimum atomic E-state index is -1.58. The van der Waals surface area contributed by atoms with E-state index < -0.39 is 46.7 Å². The monoisotopic (exact) mass is 1030 g/mol. The number of amides is 2. The number of carbonyl (C=O) groups is 2. The number of anilines is 2. The van der Waals surface area contributed by atoms with Gasteiger partial charge in [-0.05, 0) is 71.4 Å². The molecule has 6 aromatic heterocycles. The van der Waals surface area contributed by atoms with Gasteiger partial charge in [0.05, 0.1) is 35.1 Å². The topological polar surface area (TPSA) is 196 Å². The normalized spacial score (nSPS) is 11.5. The minimum absolute atomic E-state index is 0. The number of hydrogen-bond donors (Lipinski definition) is 2. The summed E-state index contributed by atoms with van der Waals surface area (Å²) in [5, 5.41) is 15.1. The van der Waals surface area contributed by atoms with Crippen LogP contribution in [0, 0.1) is 39.3 Å². The average Bonchev–Trinajstić information content (AvgIpc) is 3.99. The molecule has 0 aliphatic carbocycles. The van der Waals surface area contributed by atoms with E-state index in [9.17, 15) is 18.4 Å². The Morgan fingerprint density at radius 1 is 0.612 bits per heavy atom. The third kappa shape index (κ3) is 12.9. The lowest BCUT2D eigenvalue weighted by molar-refractivity contribution is 0.0987. The minimum Gasteiger partial charge on any atom is -0.436 e. The van der Waals surface area contributed by atoms with Crippen LogP contribution >= 0.6 is 15.9 Å². The first-order chi connectivity index (χ1) is 30.3. The van der Waals surface area contributed by atoms with Crippen LogP contribution in [0.4, 0.5) is 20.2 Å². The highest BCUT2D eigenvalue weighted by molar-refractivity contribution is 9.10. The Hall–Kier alpha value is -6.11. The number of aromatic nitrogens is 10. The van der Waals surface area contributed by atoms with Gasteiger partial charge >= 0.3 is 0 Å². The molecule has 8 aromatic rings. The summed E-state index contributed by atoms with van der Waals surface area (Å²) in [5.74, 6) is 0.122. The van der Waals surface area contributed by atoms with E-state index in [1.54, 1.807) is 50.8 Å². The third-order valence-electron chi connectivity index (χ3n) is 10.6. The summed E-state index contributed by atoms with van der Waals surface area (Å²) in [5.41, 5.74) is 2.03. The van der Waals surface area contributed by atoms with Gasteiger partial charge in [-0.2, -0.15) is 9.97 Å². The van der Waals surface area contributed by atoms with Gasteiger partial charge in [-0.1, -0.05) is 73.8 Å². The molecule has 0 saturated carbocycles. The van der Waals surface area contributed by atoms with Crippen molar-refractivity contribution < 1.29 is 27.2 Å². The maximum absolute atomic E-state index is 14.5. The lowest BCUT2D eigenvalue weighted by atomic mass is 10.1. The van der Waals surface area contributed by atoms with Crippen molar-refractivity contribution in [2.75, 3.05) is 10.6 Å². The summed E-state index contributed by atoms with van der Waals surface area (Å²) in [7, 11) is -3.02. The second kappa shape index (κ2) is 20.8. The molecule has 0 radical (unpaired) electrons. The highest BCUT2D eigenvalue weighted by atomic mass is 79.9. The van der Waals surface area contributed by atoms with Crippen molar-refractivity contribution >= 4 is 79.1 Å². The quantitative estimate of drug-likeness (QED) is 0.137. The molecule has 22 heteroatoms. The summed E-state index contributed by atoms with van der Waals surface area (Å²) in [4.78, 5) is 50.0. The molecule has 356 valence electrons. The first kappa shape index (κ1) is 53.5. The van der Waals surface area contributed by atoms with Crippen molar-refractivity contribution in [1.82, 2.24) is 49.1 Å². The van der Waals surface area contributed by atoms with Crippen LogP contribution in [0.3, 0.4) is 0 Å². The van der Waals surface area contributed by atoms with E-state index in [-0.39, 0.29) is 49.1 Å². The van der Waals surface area contributed by atoms with E-state index in [0.717, 1.165) is 5.19 Å². The van der Waals surface area contributed by atoms with Crippen molar-refractivity contribution in [3.63, 3.8) is 0 Å². The van der Waals surface area contributed by atoms with Crippen LogP contribution in [0.5, 0.6) is 0 Å². The first-order valence-electron chi connectivity index (χ1n) is 20.5. The molecule has 2 amide bonds. The Bertz CT molecular complexity index is 3050. The van der Waals surface area contributed by atoms with Crippen LogP contribution in [0.25, 0.3) is 34.3 Å². The average molecular weight is 1030 g/mol. The summed E-state index contributed by atoms with van der Waals surface area (Å²) in [6, 6.07) is 8.34. The molecule has 0 unspecified atom stereocenters. The molecule has 0 atom stereocenters. The molecule has 0 saturated heterocycles. The zero-order valence-corrected chi connectivity index (χ0v) is 43.1. The second-order valence-electron chi connectivity index (χ2n) is 18.3. The molecule has 0 fully saturated rings. The van der Waals surface area contributed by atoms with Gasteiger partial charge in [0.1, 0.15) is 11.6 Å². The first-order valence-corrected chi connectivity index (χ1v) is 32.8. The highest BCUT2D eigenvalue weighted by Gasteiger charge is 2.31. The molecule has 0 aliphatic heterocycles. The van der Waals surface area contributed by atoms with E-state index in [0.29, 0.717) is 50.6 Å². The SMILES string of the molecule is C.C.C[Si](C)(C)[Si](C)(C)C.Cc1nc(C)c(C(=O)Nc2ccc(F)c(-c3nc4ncc(Br)cn4n3)c2)o1.Cc1nc(C)c(C(=O)Nc2ccc(F)c(-c3nc4ncc([Si](C)(C)C)cn4n3)c2)o1. The van der Waals surface area contributed by atoms with E-state index >= 15 is 0 Å². The van der Waals surface area contributed by atoms with E-state index in [4.69, 9.17) is 8.83 Å². The van der Waals surface area contributed by atoms with Crippen LogP contribution in [-0.4, -0.2) is 84.2 Å². The van der Waals surface area contributed by atoms with E-state index in [1.165, 1.54) is 40.9 Å². The summed E-state index contributed by atoms with van der Waals surface area (Å²) in [6.45, 7) is 28.1. The van der Waals surface area contributed by atoms with Gasteiger partial charge in [0.15, 0.2) is 23.4 Å². The van der Waals surface area contributed by atoms with Crippen molar-refractivity contribution in [3.05, 3.63) is 112 Å². The van der Waals surface area contributed by atoms with Gasteiger partial charge in [-0.3, -0.25) is 9.59 Å². The molecule has 0 bridgehead atoms. The number of carbonyl (C=O) groups excluding carboxylic acids is 2. The maximum atomic E-state index is 14.5. The van der Waals surface area contributed by atoms with Crippen LogP contribution in [0.1, 0.15) is 59.1 Å². The number of fused-ring (bicyclic) bond motifs is 2. The molecule has 0 aliphatic rings. The number of aryl methyl sites for hydroxylation is 4. The van der Waals surface area contributed by atoms with Gasteiger partial charge in [0.2, 0.25) is 11.5 Å². The van der Waals surface area contributed by atoms with Crippen molar-refractivity contribution in [1.29, 1.82) is 0 Å². The lowest BCUT2D eigenvalue weighted by Gasteiger charge is -2.30. The molecule has 16 nitrogen and oxygen atoms in total. The zero-order chi connectivity index (χ0) is 47.8. The third-order valence-corrected chi connectivity index (χ3v) is 31.0. The molecule has 0 spiro atoms. The Kier molecular flexibility index (Phi) is 16.6. The number of nitrogens with zero attached hydrogens (tertiary/aromatic N) is 10. The van der Waals surface area contributed by atoms with Crippen LogP contribution in [0.2, 0.25) is 58.9 Å². The van der Waals surface area contributed by atoms with Crippen molar-refractivity contribution in [2.24, 2.45) is 0 Å². The smallest absolute Gasteiger partial charge is 0.293 e. The van der Waals surface area contributed by atoms with Gasteiger partial charge in [0.25, 0.3) is 23.4 Å². The summed E-state index contributed by atoms with van der Waals surface area (Å²) >= 11 is 3.29. The number of rotatable bonds is 8. The molecular weight excluding hydrogens is 975 g/mol. The Labute approximate surface area is 400 Å². The largest absolute Gasteiger partial charge is 0.436 e. The number of nitrogens with one attached hydrogen (secondary N) is 2. The molecule has 2 aromatic carbocycles. The number of halogens is 3. The standard InChI is InChI=1S/C20H21FN6O2Si.C17H12BrFN6O2.C6H18Si2.2CH4/c1-11-17(29-12(2)23-11)19(28)24-13-6-7-16(21)15(8-13)18-25-20-22-9-14(30(3,4)5)10-27(20)26-18;1-8-14(27-9(2)21-8)16(26)22-11-3-4-13(19)12(5-11)15-23-17-20-6-10(18)7-25(17)24-15;1-7(2,3)8(4,5)6;;/h6-10H,1-5H3,(H,24,28);3-7H,1-2H3,(H,22,26);1-6H3;2*1H4. The fraction of sp³-hybridized carbons (Fsp3) is 0.333. The number of hydrogen-bond acceptors (Lipinski definition) is 12.